The van der Waals surface area contributed by atoms with Crippen LogP contribution in [0.15, 0.2) is 48.9 Å². The van der Waals surface area contributed by atoms with Crippen LogP contribution in [0.25, 0.3) is 11.3 Å². The molecule has 0 saturated heterocycles. The van der Waals surface area contributed by atoms with Gasteiger partial charge in [-0.15, -0.1) is 0 Å². The fraction of sp³-hybridized carbons (Fsp3) is 0.273. The number of aromatic nitrogens is 3. The third-order valence-corrected chi connectivity index (χ3v) is 6.22. The number of benzene rings is 1. The van der Waals surface area contributed by atoms with Gasteiger partial charge in [0.1, 0.15) is 16.8 Å². The largest absolute Gasteiger partial charge is 0.477 e. The molecule has 2 N–H and O–H groups in total. The van der Waals surface area contributed by atoms with Crippen LogP contribution in [0, 0.1) is 5.82 Å². The first-order chi connectivity index (χ1) is 15.5. The van der Waals surface area contributed by atoms with Gasteiger partial charge >= 0.3 is 0 Å². The number of carbonyl (C=O) groups is 1. The predicted molar refractivity (Wildman–Crippen MR) is 119 cm³/mol. The molecule has 2 aromatic heterocycles. The number of carbonyl (C=O) groups excluding carboxylic acids is 1. The normalized spacial score (nSPS) is 13.9. The topological polar surface area (TPSA) is 106 Å². The number of pyridine rings is 1. The summed E-state index contributed by atoms with van der Waals surface area (Å²) in [6, 6.07) is 7.62. The molecule has 1 atom stereocenters. The first kappa shape index (κ1) is 21.8. The quantitative estimate of drug-likeness (QED) is 0.513. The molecule has 1 unspecified atom stereocenters. The number of rotatable bonds is 9. The summed E-state index contributed by atoms with van der Waals surface area (Å²) in [5, 5.41) is 2.93. The fourth-order valence-electron chi connectivity index (χ4n) is 2.95. The van der Waals surface area contributed by atoms with Crippen LogP contribution in [0.2, 0.25) is 0 Å². The molecule has 166 valence electrons. The fourth-order valence-corrected chi connectivity index (χ4v) is 4.04. The van der Waals surface area contributed by atoms with E-state index in [1.165, 1.54) is 24.5 Å². The number of halogens is 1. The highest BCUT2D eigenvalue weighted by Crippen LogP contribution is 2.27. The van der Waals surface area contributed by atoms with E-state index in [9.17, 15) is 13.4 Å². The van der Waals surface area contributed by atoms with Gasteiger partial charge in [0.25, 0.3) is 5.91 Å². The maximum absolute atomic E-state index is 14.7. The number of nitrogens with zero attached hydrogens (tertiary/aromatic N) is 3. The molecule has 1 aliphatic rings. The zero-order valence-electron chi connectivity index (χ0n) is 17.4. The van der Waals surface area contributed by atoms with Crippen LogP contribution in [0.3, 0.4) is 0 Å². The summed E-state index contributed by atoms with van der Waals surface area (Å²) in [6.07, 6.45) is 6.40. The molecule has 8 nitrogen and oxygen atoms in total. The lowest BCUT2D eigenvalue weighted by Crippen LogP contribution is -2.23. The summed E-state index contributed by atoms with van der Waals surface area (Å²) in [4.78, 5) is 25.0. The monoisotopic (exact) mass is 455 g/mol. The van der Waals surface area contributed by atoms with E-state index in [0.29, 0.717) is 29.6 Å². The number of ether oxygens (including phenoxy) is 1. The number of anilines is 1. The first-order valence-corrected chi connectivity index (χ1v) is 11.4. The van der Waals surface area contributed by atoms with E-state index in [0.717, 1.165) is 18.9 Å². The molecule has 1 aromatic carbocycles. The van der Waals surface area contributed by atoms with Gasteiger partial charge in [-0.3, -0.25) is 14.8 Å². The van der Waals surface area contributed by atoms with Crippen molar-refractivity contribution in [1.82, 2.24) is 20.3 Å². The van der Waals surface area contributed by atoms with E-state index in [4.69, 9.17) is 4.74 Å². The van der Waals surface area contributed by atoms with Gasteiger partial charge in [0.05, 0.1) is 42.2 Å². The molecule has 1 amide bonds. The lowest BCUT2D eigenvalue weighted by molar-refractivity contribution is 0.0950. The van der Waals surface area contributed by atoms with E-state index in [1.54, 1.807) is 18.3 Å². The van der Waals surface area contributed by atoms with Crippen molar-refractivity contribution in [3.63, 3.8) is 0 Å². The minimum Gasteiger partial charge on any atom is -0.477 e. The summed E-state index contributed by atoms with van der Waals surface area (Å²) in [7, 11) is -1.11. The third-order valence-electron chi connectivity index (χ3n) is 4.70. The van der Waals surface area contributed by atoms with E-state index in [1.807, 2.05) is 6.92 Å². The van der Waals surface area contributed by atoms with Crippen molar-refractivity contribution < 1.29 is 18.1 Å². The van der Waals surface area contributed by atoms with Crippen molar-refractivity contribution in [3.05, 3.63) is 66.0 Å². The van der Waals surface area contributed by atoms with Crippen molar-refractivity contribution in [2.24, 2.45) is 0 Å². The van der Waals surface area contributed by atoms with Gasteiger partial charge in [0.15, 0.2) is 0 Å². The summed E-state index contributed by atoms with van der Waals surface area (Å²) in [6.45, 7) is 2.39. The molecule has 0 bridgehead atoms. The zero-order valence-corrected chi connectivity index (χ0v) is 18.2. The van der Waals surface area contributed by atoms with E-state index < -0.39 is 22.7 Å². The lowest BCUT2D eigenvalue weighted by atomic mass is 10.1. The Labute approximate surface area is 187 Å². The third kappa shape index (κ3) is 5.44. The Kier molecular flexibility index (Phi) is 6.69. The van der Waals surface area contributed by atoms with Crippen LogP contribution < -0.4 is 14.8 Å². The van der Waals surface area contributed by atoms with Crippen molar-refractivity contribution in [2.75, 3.05) is 11.3 Å². The minimum atomic E-state index is -1.11. The molecule has 2 heterocycles. The Morgan fingerprint density at radius 3 is 2.84 bits per heavy atom. The van der Waals surface area contributed by atoms with Gasteiger partial charge in [0, 0.05) is 23.0 Å². The second-order valence-electron chi connectivity index (χ2n) is 7.19. The van der Waals surface area contributed by atoms with Crippen LogP contribution in [0.1, 0.15) is 35.8 Å². The molecule has 0 aliphatic heterocycles. The lowest BCUT2D eigenvalue weighted by Gasteiger charge is -2.09. The summed E-state index contributed by atoms with van der Waals surface area (Å²) < 4.78 is 34.9. The predicted octanol–water partition coefficient (Wildman–Crippen LogP) is 3.24. The molecule has 1 saturated carbocycles. The van der Waals surface area contributed by atoms with Crippen LogP contribution in [0.4, 0.5) is 10.1 Å². The Morgan fingerprint density at radius 1 is 1.25 bits per heavy atom. The number of hydrogen-bond donors (Lipinski definition) is 2. The highest BCUT2D eigenvalue weighted by molar-refractivity contribution is 7.87. The number of hydrogen-bond acceptors (Lipinski definition) is 6. The maximum Gasteiger partial charge on any atom is 0.251 e. The van der Waals surface area contributed by atoms with Gasteiger partial charge in [-0.05, 0) is 50.1 Å². The molecule has 1 aliphatic carbocycles. The van der Waals surface area contributed by atoms with Gasteiger partial charge in [0.2, 0.25) is 5.88 Å². The smallest absolute Gasteiger partial charge is 0.251 e. The van der Waals surface area contributed by atoms with Gasteiger partial charge < -0.3 is 14.8 Å². The van der Waals surface area contributed by atoms with Crippen molar-refractivity contribution >= 4 is 22.6 Å². The minimum absolute atomic E-state index is 0.148. The van der Waals surface area contributed by atoms with Crippen LogP contribution in [0.5, 0.6) is 5.88 Å². The Hall–Kier alpha value is -3.40. The average Bonchev–Trinajstić information content (AvgIpc) is 3.64. The molecular formula is C22H22FN5O3S. The molecule has 0 spiro atoms. The summed E-state index contributed by atoms with van der Waals surface area (Å²) >= 11 is 0. The van der Waals surface area contributed by atoms with Crippen molar-refractivity contribution in [2.45, 2.75) is 31.6 Å². The standard InChI is InChI=1S/C22H22FN5O3S/c1-2-31-21-13-24-12-20(27-21)18-6-3-14(9-19(18)23)22(29)26-11-16-10-15(7-8-25-16)28-32(30)17-4-5-17/h3,6-10,12-13,17H,2,4-5,11H2,1H3,(H,25,28)(H,26,29). The van der Waals surface area contributed by atoms with Gasteiger partial charge in [-0.25, -0.2) is 13.6 Å². The van der Waals surface area contributed by atoms with Crippen molar-refractivity contribution in [1.29, 1.82) is 0 Å². The highest BCUT2D eigenvalue weighted by atomic mass is 32.2. The molecule has 3 aromatic rings. The zero-order chi connectivity index (χ0) is 22.5. The average molecular weight is 456 g/mol. The second-order valence-corrected chi connectivity index (χ2v) is 8.65. The van der Waals surface area contributed by atoms with E-state index >= 15 is 0 Å². The number of amides is 1. The molecular weight excluding hydrogens is 433 g/mol. The molecule has 1 fully saturated rings. The maximum atomic E-state index is 14.7. The Balaban J connectivity index is 1.40. The number of nitrogens with one attached hydrogen (secondary N) is 2. The van der Waals surface area contributed by atoms with Crippen molar-refractivity contribution in [3.8, 4) is 17.1 Å². The molecule has 10 heteroatoms. The molecule has 4 rings (SSSR count). The van der Waals surface area contributed by atoms with Crippen LogP contribution in [-0.4, -0.2) is 36.9 Å². The second kappa shape index (κ2) is 9.82. The summed E-state index contributed by atoms with van der Waals surface area (Å²) in [5.41, 5.74) is 1.98. The van der Waals surface area contributed by atoms with Gasteiger partial charge in [-0.2, -0.15) is 0 Å². The van der Waals surface area contributed by atoms with E-state index in [-0.39, 0.29) is 22.9 Å². The Bertz CT molecular complexity index is 1160. The Morgan fingerprint density at radius 2 is 2.09 bits per heavy atom. The first-order valence-electron chi connectivity index (χ1n) is 10.2. The highest BCUT2D eigenvalue weighted by Gasteiger charge is 2.28. The van der Waals surface area contributed by atoms with Gasteiger partial charge in [-0.1, -0.05) is 0 Å². The molecule has 0 radical (unpaired) electrons. The van der Waals surface area contributed by atoms with Crippen LogP contribution in [-0.2, 0) is 17.5 Å². The molecule has 32 heavy (non-hydrogen) atoms. The van der Waals surface area contributed by atoms with E-state index in [2.05, 4.69) is 25.0 Å². The summed E-state index contributed by atoms with van der Waals surface area (Å²) in [5.74, 6) is -0.727. The van der Waals surface area contributed by atoms with Crippen LogP contribution >= 0.6 is 0 Å². The SMILES string of the molecule is CCOc1cncc(-c2ccc(C(=O)NCc3cc(NS(=O)C4CC4)ccn3)cc2F)n1.